The molecule has 2 aromatic carbocycles. The van der Waals surface area contributed by atoms with Crippen LogP contribution in [0.3, 0.4) is 0 Å². The smallest absolute Gasteiger partial charge is 0.303 e. The van der Waals surface area contributed by atoms with Gasteiger partial charge in [0.05, 0.1) is 5.92 Å². The fraction of sp³-hybridized carbons (Fsp3) is 0.350. The number of carboxylic acids is 1. The Morgan fingerprint density at radius 1 is 1.04 bits per heavy atom. The van der Waals surface area contributed by atoms with Crippen molar-refractivity contribution in [2.45, 2.75) is 39.5 Å². The predicted octanol–water partition coefficient (Wildman–Crippen LogP) is 3.96. The zero-order valence-corrected chi connectivity index (χ0v) is 13.9. The normalized spacial score (nSPS) is 16.7. The fourth-order valence-corrected chi connectivity index (χ4v) is 3.45. The van der Waals surface area contributed by atoms with Gasteiger partial charge in [0.15, 0.2) is 11.6 Å². The largest absolute Gasteiger partial charge is 0.481 e. The maximum atomic E-state index is 12.6. The van der Waals surface area contributed by atoms with Crippen molar-refractivity contribution in [1.82, 2.24) is 0 Å². The van der Waals surface area contributed by atoms with Gasteiger partial charge in [0, 0.05) is 22.9 Å². The third-order valence-corrected chi connectivity index (χ3v) is 4.68. The van der Waals surface area contributed by atoms with Crippen molar-refractivity contribution in [2.24, 2.45) is 5.92 Å². The van der Waals surface area contributed by atoms with Gasteiger partial charge in [-0.2, -0.15) is 0 Å². The summed E-state index contributed by atoms with van der Waals surface area (Å²) in [5, 5.41) is 10.4. The summed E-state index contributed by atoms with van der Waals surface area (Å²) in [7, 11) is 0. The number of carboxylic acid groups (broad SMARTS) is 1. The minimum atomic E-state index is -0.786. The third kappa shape index (κ3) is 2.84. The number of rotatable bonds is 5. The average Bonchev–Trinajstić information content (AvgIpc) is 2.53. The van der Waals surface area contributed by atoms with Gasteiger partial charge in [-0.15, -0.1) is 0 Å². The Balaban J connectivity index is 2.03. The fourth-order valence-electron chi connectivity index (χ4n) is 3.45. The van der Waals surface area contributed by atoms with Crippen molar-refractivity contribution in [3.05, 3.63) is 46.5 Å². The van der Waals surface area contributed by atoms with Gasteiger partial charge in [0.25, 0.3) is 0 Å². The number of Topliss-reactive ketones (excluding diaryl/α,β-unsaturated/α-hetero) is 2. The van der Waals surface area contributed by atoms with Gasteiger partial charge < -0.3 is 5.11 Å². The number of hydrogen-bond donors (Lipinski definition) is 1. The van der Waals surface area contributed by atoms with E-state index in [1.54, 1.807) is 6.92 Å². The van der Waals surface area contributed by atoms with E-state index >= 15 is 0 Å². The number of hydrogen-bond acceptors (Lipinski definition) is 3. The number of carbonyl (C=O) groups excluding carboxylic acids is 2. The quantitative estimate of drug-likeness (QED) is 0.667. The molecule has 0 radical (unpaired) electrons. The minimum Gasteiger partial charge on any atom is -0.481 e. The van der Waals surface area contributed by atoms with Gasteiger partial charge >= 0.3 is 5.97 Å². The van der Waals surface area contributed by atoms with Gasteiger partial charge in [0.2, 0.25) is 0 Å². The van der Waals surface area contributed by atoms with Crippen LogP contribution in [0.2, 0.25) is 0 Å². The summed E-state index contributed by atoms with van der Waals surface area (Å²) in [5.41, 5.74) is 3.29. The Bertz CT molecular complexity index is 864. The molecule has 0 spiro atoms. The van der Waals surface area contributed by atoms with Crippen molar-refractivity contribution >= 4 is 28.3 Å². The maximum Gasteiger partial charge on any atom is 0.303 e. The van der Waals surface area contributed by atoms with Crippen LogP contribution < -0.4 is 0 Å². The molecule has 4 heteroatoms. The van der Waals surface area contributed by atoms with Crippen LogP contribution in [0.15, 0.2) is 24.3 Å². The molecule has 0 aliphatic heterocycles. The molecule has 1 N–H and O–H groups in total. The van der Waals surface area contributed by atoms with Crippen molar-refractivity contribution in [2.75, 3.05) is 0 Å². The molecule has 0 bridgehead atoms. The summed E-state index contributed by atoms with van der Waals surface area (Å²) in [4.78, 5) is 35.6. The first-order valence-corrected chi connectivity index (χ1v) is 8.26. The second-order valence-corrected chi connectivity index (χ2v) is 6.61. The van der Waals surface area contributed by atoms with E-state index in [0.29, 0.717) is 17.5 Å². The van der Waals surface area contributed by atoms with Gasteiger partial charge in [-0.1, -0.05) is 12.1 Å². The summed E-state index contributed by atoms with van der Waals surface area (Å²) in [6.07, 6.45) is 2.27. The van der Waals surface area contributed by atoms with Gasteiger partial charge in [-0.25, -0.2) is 0 Å². The molecule has 0 saturated carbocycles. The first-order valence-electron chi connectivity index (χ1n) is 8.26. The molecule has 24 heavy (non-hydrogen) atoms. The Hall–Kier alpha value is -2.49. The van der Waals surface area contributed by atoms with E-state index in [9.17, 15) is 14.4 Å². The number of ketones is 2. The lowest BCUT2D eigenvalue weighted by molar-refractivity contribution is -0.137. The molecular formula is C20H20O4. The van der Waals surface area contributed by atoms with E-state index in [4.69, 9.17) is 5.11 Å². The molecule has 0 heterocycles. The second-order valence-electron chi connectivity index (χ2n) is 6.61. The van der Waals surface area contributed by atoms with Crippen LogP contribution in [-0.4, -0.2) is 22.6 Å². The third-order valence-electron chi connectivity index (χ3n) is 4.68. The van der Waals surface area contributed by atoms with Crippen molar-refractivity contribution in [3.8, 4) is 0 Å². The van der Waals surface area contributed by atoms with Gasteiger partial charge in [0.1, 0.15) is 0 Å². The standard InChI is InChI=1S/C20H20O4/c1-11-7-14-9-13(5-3-4-6-17(21)22)10-16-18(14)15(8-11)19(23)12(2)20(16)24/h7-10,12H,3-6H2,1-2H3,(H,21,22). The topological polar surface area (TPSA) is 71.4 Å². The second kappa shape index (κ2) is 6.19. The number of unbranched alkanes of at least 4 members (excludes halogenated alkanes) is 1. The van der Waals surface area contributed by atoms with Crippen LogP contribution in [0.1, 0.15) is 58.0 Å². The monoisotopic (exact) mass is 324 g/mol. The van der Waals surface area contributed by atoms with Crippen molar-refractivity contribution in [1.29, 1.82) is 0 Å². The molecule has 0 amide bonds. The van der Waals surface area contributed by atoms with Crippen LogP contribution >= 0.6 is 0 Å². The molecule has 1 atom stereocenters. The van der Waals surface area contributed by atoms with Gasteiger partial charge in [-0.3, -0.25) is 14.4 Å². The first-order chi connectivity index (χ1) is 11.4. The summed E-state index contributed by atoms with van der Waals surface area (Å²) < 4.78 is 0. The van der Waals surface area contributed by atoms with Crippen LogP contribution in [0.25, 0.3) is 10.8 Å². The number of carbonyl (C=O) groups is 3. The molecule has 1 aliphatic carbocycles. The van der Waals surface area contributed by atoms with Crippen LogP contribution in [0, 0.1) is 12.8 Å². The molecule has 2 aromatic rings. The minimum absolute atomic E-state index is 0.101. The van der Waals surface area contributed by atoms with E-state index in [0.717, 1.165) is 34.7 Å². The van der Waals surface area contributed by atoms with E-state index in [-0.39, 0.29) is 18.0 Å². The van der Waals surface area contributed by atoms with Crippen LogP contribution in [0.5, 0.6) is 0 Å². The highest BCUT2D eigenvalue weighted by atomic mass is 16.4. The van der Waals surface area contributed by atoms with E-state index in [2.05, 4.69) is 0 Å². The first kappa shape index (κ1) is 16.4. The molecule has 0 saturated heterocycles. The molecule has 124 valence electrons. The summed E-state index contributed by atoms with van der Waals surface area (Å²) in [6, 6.07) is 7.77. The molecule has 1 aliphatic rings. The summed E-state index contributed by atoms with van der Waals surface area (Å²) in [5.74, 6) is -1.64. The average molecular weight is 324 g/mol. The highest BCUT2D eigenvalue weighted by Crippen LogP contribution is 2.34. The predicted molar refractivity (Wildman–Crippen MR) is 91.7 cm³/mol. The van der Waals surface area contributed by atoms with E-state index < -0.39 is 11.9 Å². The SMILES string of the molecule is Cc1cc2c3c(cc(CCCCC(=O)O)cc3c1)C(=O)C(C)C2=O. The number of aliphatic carboxylic acids is 1. The Morgan fingerprint density at radius 2 is 1.71 bits per heavy atom. The lowest BCUT2D eigenvalue weighted by Crippen LogP contribution is -2.27. The molecule has 0 fully saturated rings. The zero-order valence-electron chi connectivity index (χ0n) is 13.9. The number of aryl methyl sites for hydroxylation is 2. The Labute approximate surface area is 140 Å². The highest BCUT2D eigenvalue weighted by Gasteiger charge is 2.32. The molecule has 4 nitrogen and oxygen atoms in total. The van der Waals surface area contributed by atoms with Crippen LogP contribution in [0.4, 0.5) is 0 Å². The lowest BCUT2D eigenvalue weighted by atomic mass is 9.79. The lowest BCUT2D eigenvalue weighted by Gasteiger charge is -2.22. The Morgan fingerprint density at radius 3 is 2.38 bits per heavy atom. The van der Waals surface area contributed by atoms with Crippen LogP contribution in [-0.2, 0) is 11.2 Å². The summed E-state index contributed by atoms with van der Waals surface area (Å²) in [6.45, 7) is 3.62. The highest BCUT2D eigenvalue weighted by molar-refractivity contribution is 6.29. The molecule has 0 aromatic heterocycles. The summed E-state index contributed by atoms with van der Waals surface area (Å²) >= 11 is 0. The molecular weight excluding hydrogens is 304 g/mol. The zero-order chi connectivity index (χ0) is 17.4. The number of benzene rings is 2. The molecule has 1 unspecified atom stereocenters. The Kier molecular flexibility index (Phi) is 4.22. The van der Waals surface area contributed by atoms with E-state index in [1.165, 1.54) is 0 Å². The maximum absolute atomic E-state index is 12.6. The molecule has 3 rings (SSSR count). The van der Waals surface area contributed by atoms with E-state index in [1.807, 2.05) is 31.2 Å². The van der Waals surface area contributed by atoms with Crippen molar-refractivity contribution < 1.29 is 19.5 Å². The van der Waals surface area contributed by atoms with Gasteiger partial charge in [-0.05, 0) is 61.8 Å². The van der Waals surface area contributed by atoms with Crippen molar-refractivity contribution in [3.63, 3.8) is 0 Å².